The summed E-state index contributed by atoms with van der Waals surface area (Å²) < 4.78 is 25.4. The first-order valence-corrected chi connectivity index (χ1v) is 7.14. The van der Waals surface area contributed by atoms with Crippen LogP contribution in [0.3, 0.4) is 0 Å². The minimum atomic E-state index is -3.93. The van der Waals surface area contributed by atoms with Gasteiger partial charge in [-0.25, -0.2) is 19.5 Å². The van der Waals surface area contributed by atoms with E-state index in [0.29, 0.717) is 11.4 Å². The summed E-state index contributed by atoms with van der Waals surface area (Å²) in [5.74, 6) is 0.0432. The SMILES string of the molecule is Cc1cc(C)nc(NC(=O)NS(=O)(=O)c2ccc[nH]2)n1. The Balaban J connectivity index is 2.10. The Kier molecular flexibility index (Phi) is 3.70. The minimum Gasteiger partial charge on any atom is -0.351 e. The smallest absolute Gasteiger partial charge is 0.335 e. The van der Waals surface area contributed by atoms with E-state index >= 15 is 0 Å². The summed E-state index contributed by atoms with van der Waals surface area (Å²) in [5.41, 5.74) is 1.33. The second kappa shape index (κ2) is 5.29. The predicted molar refractivity (Wildman–Crippen MR) is 71.6 cm³/mol. The number of anilines is 1. The molecule has 2 aromatic rings. The monoisotopic (exact) mass is 295 g/mol. The second-order valence-corrected chi connectivity index (χ2v) is 5.72. The van der Waals surface area contributed by atoms with E-state index in [-0.39, 0.29) is 11.0 Å². The molecule has 2 amide bonds. The van der Waals surface area contributed by atoms with Gasteiger partial charge in [-0.15, -0.1) is 0 Å². The van der Waals surface area contributed by atoms with Gasteiger partial charge in [0.2, 0.25) is 5.95 Å². The predicted octanol–water partition coefficient (Wildman–Crippen LogP) is 0.932. The normalized spacial score (nSPS) is 11.1. The van der Waals surface area contributed by atoms with Crippen LogP contribution in [-0.4, -0.2) is 29.4 Å². The number of hydrogen-bond donors (Lipinski definition) is 3. The van der Waals surface area contributed by atoms with E-state index in [4.69, 9.17) is 0 Å². The Morgan fingerprint density at radius 3 is 2.45 bits per heavy atom. The van der Waals surface area contributed by atoms with Crippen LogP contribution in [0.2, 0.25) is 0 Å². The maximum absolute atomic E-state index is 11.8. The van der Waals surface area contributed by atoms with Crippen molar-refractivity contribution in [2.45, 2.75) is 18.9 Å². The molecule has 0 saturated heterocycles. The third-order valence-electron chi connectivity index (χ3n) is 2.29. The highest BCUT2D eigenvalue weighted by molar-refractivity contribution is 7.90. The molecule has 8 nitrogen and oxygen atoms in total. The van der Waals surface area contributed by atoms with Gasteiger partial charge < -0.3 is 4.98 Å². The summed E-state index contributed by atoms with van der Waals surface area (Å²) in [5, 5.41) is 2.17. The van der Waals surface area contributed by atoms with Gasteiger partial charge in [-0.3, -0.25) is 5.32 Å². The lowest BCUT2D eigenvalue weighted by molar-refractivity contribution is 0.256. The molecule has 2 aromatic heterocycles. The molecule has 0 aliphatic heterocycles. The van der Waals surface area contributed by atoms with Crippen molar-refractivity contribution in [2.75, 3.05) is 5.32 Å². The Labute approximate surface area is 115 Å². The van der Waals surface area contributed by atoms with Gasteiger partial charge in [-0.1, -0.05) is 0 Å². The largest absolute Gasteiger partial charge is 0.351 e. The van der Waals surface area contributed by atoms with Gasteiger partial charge in [-0.2, -0.15) is 8.42 Å². The van der Waals surface area contributed by atoms with Crippen molar-refractivity contribution in [3.8, 4) is 0 Å². The van der Waals surface area contributed by atoms with Crippen LogP contribution in [0.1, 0.15) is 11.4 Å². The number of carbonyl (C=O) groups is 1. The highest BCUT2D eigenvalue weighted by Crippen LogP contribution is 2.06. The van der Waals surface area contributed by atoms with E-state index in [1.165, 1.54) is 18.3 Å². The highest BCUT2D eigenvalue weighted by atomic mass is 32.2. The van der Waals surface area contributed by atoms with Crippen LogP contribution in [0, 0.1) is 13.8 Å². The van der Waals surface area contributed by atoms with Gasteiger partial charge in [0, 0.05) is 17.6 Å². The maximum Gasteiger partial charge on any atom is 0.335 e. The molecule has 0 atom stereocenters. The van der Waals surface area contributed by atoms with Gasteiger partial charge in [0.05, 0.1) is 0 Å². The van der Waals surface area contributed by atoms with E-state index in [1.54, 1.807) is 19.9 Å². The molecule has 0 fully saturated rings. The number of nitrogens with one attached hydrogen (secondary N) is 3. The van der Waals surface area contributed by atoms with E-state index in [1.807, 2.05) is 4.72 Å². The third kappa shape index (κ3) is 3.32. The van der Waals surface area contributed by atoms with Crippen LogP contribution in [0.25, 0.3) is 0 Å². The minimum absolute atomic E-state index is 0.0432. The fourth-order valence-corrected chi connectivity index (χ4v) is 2.45. The Hall–Kier alpha value is -2.42. The molecule has 2 rings (SSSR count). The van der Waals surface area contributed by atoms with Crippen molar-refractivity contribution in [3.05, 3.63) is 35.8 Å². The third-order valence-corrected chi connectivity index (χ3v) is 3.58. The number of rotatable bonds is 3. The van der Waals surface area contributed by atoms with Crippen LogP contribution in [-0.2, 0) is 10.0 Å². The molecule has 0 radical (unpaired) electrons. The molecular formula is C11H13N5O3S. The lowest BCUT2D eigenvalue weighted by Crippen LogP contribution is -2.35. The van der Waals surface area contributed by atoms with Crippen molar-refractivity contribution in [1.29, 1.82) is 0 Å². The van der Waals surface area contributed by atoms with Crippen LogP contribution < -0.4 is 10.0 Å². The highest BCUT2D eigenvalue weighted by Gasteiger charge is 2.18. The Morgan fingerprint density at radius 2 is 1.90 bits per heavy atom. The van der Waals surface area contributed by atoms with E-state index < -0.39 is 16.1 Å². The van der Waals surface area contributed by atoms with Crippen LogP contribution in [0.4, 0.5) is 10.7 Å². The molecule has 20 heavy (non-hydrogen) atoms. The summed E-state index contributed by atoms with van der Waals surface area (Å²) in [7, 11) is -3.93. The van der Waals surface area contributed by atoms with E-state index in [2.05, 4.69) is 20.3 Å². The van der Waals surface area contributed by atoms with Crippen molar-refractivity contribution in [3.63, 3.8) is 0 Å². The number of aromatic amines is 1. The first-order valence-electron chi connectivity index (χ1n) is 5.66. The zero-order valence-electron chi connectivity index (χ0n) is 10.8. The second-order valence-electron chi connectivity index (χ2n) is 4.07. The number of hydrogen-bond acceptors (Lipinski definition) is 5. The van der Waals surface area contributed by atoms with Gasteiger partial charge >= 0.3 is 6.03 Å². The molecule has 3 N–H and O–H groups in total. The topological polar surface area (TPSA) is 117 Å². The Morgan fingerprint density at radius 1 is 1.25 bits per heavy atom. The van der Waals surface area contributed by atoms with Gasteiger partial charge in [0.15, 0.2) is 5.03 Å². The number of nitrogens with zero attached hydrogens (tertiary/aromatic N) is 2. The Bertz CT molecular complexity index is 704. The number of urea groups is 1. The number of H-pyrrole nitrogens is 1. The maximum atomic E-state index is 11.8. The van der Waals surface area contributed by atoms with Crippen molar-refractivity contribution in [1.82, 2.24) is 19.7 Å². The summed E-state index contributed by atoms with van der Waals surface area (Å²) >= 11 is 0. The molecule has 0 unspecified atom stereocenters. The number of aromatic nitrogens is 3. The molecule has 106 valence electrons. The fourth-order valence-electron chi connectivity index (χ4n) is 1.57. The first kappa shape index (κ1) is 14.0. The molecule has 0 aliphatic rings. The molecule has 0 bridgehead atoms. The standard InChI is InChI=1S/C11H13N5O3S/c1-7-6-8(2)14-10(13-7)15-11(17)16-20(18,19)9-4-3-5-12-9/h3-6,12H,1-2H3,(H2,13,14,15,16,17). The average Bonchev–Trinajstić information content (AvgIpc) is 2.79. The van der Waals surface area contributed by atoms with Gasteiger partial charge in [0.1, 0.15) is 0 Å². The zero-order valence-corrected chi connectivity index (χ0v) is 11.7. The summed E-state index contributed by atoms with van der Waals surface area (Å²) in [4.78, 5) is 22.1. The molecule has 0 aliphatic carbocycles. The summed E-state index contributed by atoms with van der Waals surface area (Å²) in [6.07, 6.45) is 1.44. The number of aryl methyl sites for hydroxylation is 2. The number of amides is 2. The lowest BCUT2D eigenvalue weighted by Gasteiger charge is -2.07. The van der Waals surface area contributed by atoms with Crippen LogP contribution in [0.5, 0.6) is 0 Å². The fraction of sp³-hybridized carbons (Fsp3) is 0.182. The van der Waals surface area contributed by atoms with Crippen molar-refractivity contribution in [2.24, 2.45) is 0 Å². The number of sulfonamides is 1. The molecule has 0 saturated carbocycles. The zero-order chi connectivity index (χ0) is 14.8. The van der Waals surface area contributed by atoms with Crippen molar-refractivity contribution >= 4 is 22.0 Å². The average molecular weight is 295 g/mol. The molecule has 9 heteroatoms. The van der Waals surface area contributed by atoms with E-state index in [9.17, 15) is 13.2 Å². The van der Waals surface area contributed by atoms with Crippen LogP contribution >= 0.6 is 0 Å². The number of carbonyl (C=O) groups excluding carboxylic acids is 1. The first-order chi connectivity index (χ1) is 9.37. The molecule has 2 heterocycles. The molecule has 0 aromatic carbocycles. The van der Waals surface area contributed by atoms with Gasteiger partial charge in [0.25, 0.3) is 10.0 Å². The quantitative estimate of drug-likeness (QED) is 0.778. The van der Waals surface area contributed by atoms with Gasteiger partial charge in [-0.05, 0) is 32.0 Å². The molecular weight excluding hydrogens is 282 g/mol. The van der Waals surface area contributed by atoms with E-state index in [0.717, 1.165) is 0 Å². The van der Waals surface area contributed by atoms with Crippen molar-refractivity contribution < 1.29 is 13.2 Å². The van der Waals surface area contributed by atoms with Crippen LogP contribution in [0.15, 0.2) is 29.4 Å². The lowest BCUT2D eigenvalue weighted by atomic mass is 10.4. The summed E-state index contributed by atoms with van der Waals surface area (Å²) in [6.45, 7) is 3.49. The summed E-state index contributed by atoms with van der Waals surface area (Å²) in [6, 6.07) is 3.66. The molecule has 0 spiro atoms.